The Hall–Kier alpha value is -0.910. The van der Waals surface area contributed by atoms with Gasteiger partial charge in [0.2, 0.25) is 5.91 Å². The van der Waals surface area contributed by atoms with Gasteiger partial charge < -0.3 is 10.1 Å². The van der Waals surface area contributed by atoms with E-state index in [2.05, 4.69) is 29.3 Å². The molecule has 1 fully saturated rings. The van der Waals surface area contributed by atoms with Gasteiger partial charge in [0.1, 0.15) is 0 Å². The first-order chi connectivity index (χ1) is 8.63. The van der Waals surface area contributed by atoms with Crippen molar-refractivity contribution in [3.8, 4) is 0 Å². The van der Waals surface area contributed by atoms with Crippen molar-refractivity contribution in [3.63, 3.8) is 0 Å². The number of hydrogen-bond acceptors (Lipinski definition) is 4. The van der Waals surface area contributed by atoms with E-state index in [0.717, 1.165) is 26.2 Å². The predicted molar refractivity (Wildman–Crippen MR) is 72.8 cm³/mol. The van der Waals surface area contributed by atoms with Gasteiger partial charge in [-0.15, -0.1) is 11.3 Å². The van der Waals surface area contributed by atoms with E-state index in [-0.39, 0.29) is 12.0 Å². The van der Waals surface area contributed by atoms with Crippen LogP contribution in [0.3, 0.4) is 0 Å². The molecule has 1 amide bonds. The molecule has 1 atom stereocenters. The van der Waals surface area contributed by atoms with Gasteiger partial charge in [0.25, 0.3) is 0 Å². The maximum Gasteiger partial charge on any atom is 0.216 e. The van der Waals surface area contributed by atoms with Crippen molar-refractivity contribution < 1.29 is 9.53 Å². The average molecular weight is 268 g/mol. The molecule has 0 radical (unpaired) electrons. The zero-order valence-electron chi connectivity index (χ0n) is 10.9. The number of carbonyl (C=O) groups is 1. The standard InChI is InChI=1S/C13H20N2O2S/c1-10-3-4-13(18-10)9-15-5-6-17-12(8-15)7-14-11(2)16/h3-4,12H,5-9H2,1-2H3,(H,14,16)/t12-/m1/s1. The smallest absolute Gasteiger partial charge is 0.216 e. The highest BCUT2D eigenvalue weighted by atomic mass is 32.1. The summed E-state index contributed by atoms with van der Waals surface area (Å²) in [5.41, 5.74) is 0. The van der Waals surface area contributed by atoms with E-state index in [4.69, 9.17) is 4.74 Å². The Labute approximate surface area is 112 Å². The summed E-state index contributed by atoms with van der Waals surface area (Å²) in [5, 5.41) is 2.82. The third-order valence-electron chi connectivity index (χ3n) is 2.98. The number of nitrogens with zero attached hydrogens (tertiary/aromatic N) is 1. The molecule has 1 N–H and O–H groups in total. The number of hydrogen-bond donors (Lipinski definition) is 1. The van der Waals surface area contributed by atoms with E-state index < -0.39 is 0 Å². The van der Waals surface area contributed by atoms with E-state index in [1.807, 2.05) is 11.3 Å². The highest BCUT2D eigenvalue weighted by molar-refractivity contribution is 7.11. The summed E-state index contributed by atoms with van der Waals surface area (Å²) in [4.78, 5) is 16.0. The minimum absolute atomic E-state index is 0.00426. The molecule has 4 nitrogen and oxygen atoms in total. The Morgan fingerprint density at radius 1 is 1.61 bits per heavy atom. The number of morpholine rings is 1. The van der Waals surface area contributed by atoms with Crippen molar-refractivity contribution in [1.29, 1.82) is 0 Å². The van der Waals surface area contributed by atoms with Crippen LogP contribution in [0.4, 0.5) is 0 Å². The number of thiophene rings is 1. The first kappa shape index (κ1) is 13.5. The SMILES string of the molecule is CC(=O)NC[C@@H]1CN(Cc2ccc(C)s2)CCO1. The van der Waals surface area contributed by atoms with Crippen molar-refractivity contribution in [2.45, 2.75) is 26.5 Å². The Bertz CT molecular complexity index is 405. The highest BCUT2D eigenvalue weighted by Crippen LogP contribution is 2.18. The molecule has 0 unspecified atom stereocenters. The molecular weight excluding hydrogens is 248 g/mol. The van der Waals surface area contributed by atoms with E-state index in [0.29, 0.717) is 6.54 Å². The third kappa shape index (κ3) is 4.08. The third-order valence-corrected chi connectivity index (χ3v) is 3.96. The van der Waals surface area contributed by atoms with Gasteiger partial charge in [-0.05, 0) is 19.1 Å². The van der Waals surface area contributed by atoms with Gasteiger partial charge in [0, 0.05) is 42.9 Å². The lowest BCUT2D eigenvalue weighted by atomic mass is 10.2. The van der Waals surface area contributed by atoms with Crippen LogP contribution in [0.15, 0.2) is 12.1 Å². The molecule has 0 aromatic carbocycles. The van der Waals surface area contributed by atoms with Crippen LogP contribution in [0.2, 0.25) is 0 Å². The second-order valence-electron chi connectivity index (χ2n) is 4.68. The molecule has 1 aromatic heterocycles. The molecule has 0 saturated carbocycles. The second kappa shape index (κ2) is 6.31. The van der Waals surface area contributed by atoms with Gasteiger partial charge in [-0.1, -0.05) is 0 Å². The highest BCUT2D eigenvalue weighted by Gasteiger charge is 2.20. The fourth-order valence-electron chi connectivity index (χ4n) is 2.10. The molecular formula is C13H20N2O2S. The van der Waals surface area contributed by atoms with Crippen LogP contribution < -0.4 is 5.32 Å². The van der Waals surface area contributed by atoms with Crippen LogP contribution in [-0.2, 0) is 16.1 Å². The Kier molecular flexibility index (Phi) is 4.74. The van der Waals surface area contributed by atoms with Crippen LogP contribution >= 0.6 is 11.3 Å². The number of carbonyl (C=O) groups excluding carboxylic acids is 1. The summed E-state index contributed by atoms with van der Waals surface area (Å²) in [6.07, 6.45) is 0.115. The topological polar surface area (TPSA) is 41.6 Å². The molecule has 1 aliphatic heterocycles. The van der Waals surface area contributed by atoms with Crippen LogP contribution in [-0.4, -0.2) is 43.2 Å². The number of amides is 1. The molecule has 1 aliphatic rings. The van der Waals surface area contributed by atoms with Crippen molar-refractivity contribution in [2.75, 3.05) is 26.2 Å². The fraction of sp³-hybridized carbons (Fsp3) is 0.615. The van der Waals surface area contributed by atoms with Gasteiger partial charge in [0.15, 0.2) is 0 Å². The maximum absolute atomic E-state index is 10.9. The van der Waals surface area contributed by atoms with E-state index in [9.17, 15) is 4.79 Å². The number of aryl methyl sites for hydroxylation is 1. The van der Waals surface area contributed by atoms with Gasteiger partial charge in [0.05, 0.1) is 12.7 Å². The fourth-order valence-corrected chi connectivity index (χ4v) is 3.03. The number of rotatable bonds is 4. The molecule has 0 spiro atoms. The molecule has 2 heterocycles. The minimum atomic E-state index is 0.00426. The Morgan fingerprint density at radius 2 is 2.44 bits per heavy atom. The summed E-state index contributed by atoms with van der Waals surface area (Å²) < 4.78 is 5.65. The molecule has 18 heavy (non-hydrogen) atoms. The molecule has 1 saturated heterocycles. The summed E-state index contributed by atoms with van der Waals surface area (Å²) in [7, 11) is 0. The molecule has 100 valence electrons. The molecule has 0 bridgehead atoms. The van der Waals surface area contributed by atoms with Gasteiger partial charge in [-0.25, -0.2) is 0 Å². The molecule has 5 heteroatoms. The first-order valence-electron chi connectivity index (χ1n) is 6.27. The zero-order valence-corrected chi connectivity index (χ0v) is 11.8. The Balaban J connectivity index is 1.81. The van der Waals surface area contributed by atoms with E-state index in [1.165, 1.54) is 16.7 Å². The van der Waals surface area contributed by atoms with Crippen LogP contribution in [0.1, 0.15) is 16.7 Å². The van der Waals surface area contributed by atoms with Crippen LogP contribution in [0.5, 0.6) is 0 Å². The molecule has 1 aromatic rings. The van der Waals surface area contributed by atoms with Gasteiger partial charge >= 0.3 is 0 Å². The average Bonchev–Trinajstić information content (AvgIpc) is 2.73. The van der Waals surface area contributed by atoms with Crippen molar-refractivity contribution in [3.05, 3.63) is 21.9 Å². The van der Waals surface area contributed by atoms with Crippen molar-refractivity contribution >= 4 is 17.2 Å². The minimum Gasteiger partial charge on any atom is -0.374 e. The normalized spacial score (nSPS) is 20.9. The molecule has 2 rings (SSSR count). The molecule has 0 aliphatic carbocycles. The second-order valence-corrected chi connectivity index (χ2v) is 6.05. The summed E-state index contributed by atoms with van der Waals surface area (Å²) in [6, 6.07) is 4.35. The Morgan fingerprint density at radius 3 is 3.11 bits per heavy atom. The van der Waals surface area contributed by atoms with E-state index >= 15 is 0 Å². The predicted octanol–water partition coefficient (Wildman–Crippen LogP) is 1.39. The van der Waals surface area contributed by atoms with Crippen LogP contribution in [0, 0.1) is 6.92 Å². The van der Waals surface area contributed by atoms with Gasteiger partial charge in [-0.3, -0.25) is 9.69 Å². The number of nitrogens with one attached hydrogen (secondary N) is 1. The largest absolute Gasteiger partial charge is 0.374 e. The number of ether oxygens (including phenoxy) is 1. The first-order valence-corrected chi connectivity index (χ1v) is 7.09. The monoisotopic (exact) mass is 268 g/mol. The maximum atomic E-state index is 10.9. The summed E-state index contributed by atoms with van der Waals surface area (Å²) in [6.45, 7) is 7.86. The quantitative estimate of drug-likeness (QED) is 0.897. The van der Waals surface area contributed by atoms with E-state index in [1.54, 1.807) is 0 Å². The van der Waals surface area contributed by atoms with Crippen molar-refractivity contribution in [1.82, 2.24) is 10.2 Å². The van der Waals surface area contributed by atoms with Crippen LogP contribution in [0.25, 0.3) is 0 Å². The van der Waals surface area contributed by atoms with Gasteiger partial charge in [-0.2, -0.15) is 0 Å². The summed E-state index contributed by atoms with van der Waals surface area (Å²) in [5.74, 6) is 0.00426. The lowest BCUT2D eigenvalue weighted by Gasteiger charge is -2.32. The zero-order chi connectivity index (χ0) is 13.0. The van der Waals surface area contributed by atoms with Crippen molar-refractivity contribution in [2.24, 2.45) is 0 Å². The summed E-state index contributed by atoms with van der Waals surface area (Å²) >= 11 is 1.85. The lowest BCUT2D eigenvalue weighted by molar-refractivity contribution is -0.120. The lowest BCUT2D eigenvalue weighted by Crippen LogP contribution is -2.46.